The van der Waals surface area contributed by atoms with Crippen LogP contribution in [0.2, 0.25) is 0 Å². The van der Waals surface area contributed by atoms with Gasteiger partial charge >= 0.3 is 5.97 Å². The molecule has 0 heterocycles. The molecule has 0 saturated heterocycles. The Balaban J connectivity index is 2.37. The number of aliphatic carboxylic acids is 1. The third-order valence-corrected chi connectivity index (χ3v) is 3.28. The largest absolute Gasteiger partial charge is 0.504 e. The number of benzene rings is 1. The number of ether oxygens (including phenoxy) is 1. The van der Waals surface area contributed by atoms with Gasteiger partial charge in [-0.05, 0) is 30.4 Å². The first-order chi connectivity index (χ1) is 8.52. The zero-order chi connectivity index (χ0) is 13.3. The van der Waals surface area contributed by atoms with Crippen LogP contribution in [0.15, 0.2) is 12.1 Å². The Morgan fingerprint density at radius 3 is 2.72 bits per heavy atom. The summed E-state index contributed by atoms with van der Waals surface area (Å²) in [5.41, 5.74) is 0.314. The predicted molar refractivity (Wildman–Crippen MR) is 62.3 cm³/mol. The molecule has 1 atom stereocenters. The molecule has 4 nitrogen and oxygen atoms in total. The highest BCUT2D eigenvalue weighted by Gasteiger charge is 2.35. The van der Waals surface area contributed by atoms with E-state index in [1.807, 2.05) is 0 Å². The van der Waals surface area contributed by atoms with Crippen molar-refractivity contribution < 1.29 is 24.1 Å². The summed E-state index contributed by atoms with van der Waals surface area (Å²) in [5, 5.41) is 18.3. The molecule has 2 rings (SSSR count). The van der Waals surface area contributed by atoms with E-state index in [1.165, 1.54) is 13.2 Å². The molecule has 1 fully saturated rings. The quantitative estimate of drug-likeness (QED) is 0.847. The zero-order valence-corrected chi connectivity index (χ0v) is 10.0. The van der Waals surface area contributed by atoms with Crippen molar-refractivity contribution >= 4 is 5.97 Å². The van der Waals surface area contributed by atoms with Crippen LogP contribution in [-0.4, -0.2) is 23.3 Å². The maximum atomic E-state index is 13.8. The van der Waals surface area contributed by atoms with Gasteiger partial charge in [0.1, 0.15) is 5.82 Å². The average Bonchev–Trinajstić information content (AvgIpc) is 3.10. The number of rotatable bonds is 5. The van der Waals surface area contributed by atoms with E-state index in [0.717, 1.165) is 18.9 Å². The summed E-state index contributed by atoms with van der Waals surface area (Å²) < 4.78 is 18.8. The Morgan fingerprint density at radius 1 is 1.56 bits per heavy atom. The van der Waals surface area contributed by atoms with Crippen molar-refractivity contribution in [1.29, 1.82) is 0 Å². The Morgan fingerprint density at radius 2 is 2.22 bits per heavy atom. The van der Waals surface area contributed by atoms with Gasteiger partial charge in [0.25, 0.3) is 0 Å². The number of halogens is 1. The number of hydrogen-bond donors (Lipinski definition) is 2. The van der Waals surface area contributed by atoms with Crippen LogP contribution in [0.3, 0.4) is 0 Å². The van der Waals surface area contributed by atoms with Crippen LogP contribution in [0, 0.1) is 11.7 Å². The standard InChI is InChI=1S/C13H15FO4/c1-18-12-4-9(10(14)6-11(12)15)8(5-13(16)17)7-2-3-7/h4,6-8,15H,2-3,5H2,1H3,(H,16,17). The Bertz CT molecular complexity index is 468. The fourth-order valence-electron chi connectivity index (χ4n) is 2.22. The van der Waals surface area contributed by atoms with Gasteiger partial charge in [-0.2, -0.15) is 0 Å². The van der Waals surface area contributed by atoms with Gasteiger partial charge in [-0.3, -0.25) is 4.79 Å². The highest BCUT2D eigenvalue weighted by molar-refractivity contribution is 5.68. The predicted octanol–water partition coefficient (Wildman–Crippen LogP) is 2.51. The summed E-state index contributed by atoms with van der Waals surface area (Å²) in [6, 6.07) is 2.38. The lowest BCUT2D eigenvalue weighted by molar-refractivity contribution is -0.137. The molecule has 1 aromatic carbocycles. The normalized spacial score (nSPS) is 16.3. The summed E-state index contributed by atoms with van der Waals surface area (Å²) in [6.07, 6.45) is 1.73. The molecule has 1 aliphatic carbocycles. The van der Waals surface area contributed by atoms with Gasteiger partial charge in [0.15, 0.2) is 11.5 Å². The van der Waals surface area contributed by atoms with E-state index in [2.05, 4.69) is 0 Å². The minimum atomic E-state index is -0.946. The lowest BCUT2D eigenvalue weighted by atomic mass is 9.90. The zero-order valence-electron chi connectivity index (χ0n) is 10.0. The van der Waals surface area contributed by atoms with Crippen LogP contribution < -0.4 is 4.74 Å². The molecular weight excluding hydrogens is 239 g/mol. The van der Waals surface area contributed by atoms with E-state index < -0.39 is 11.8 Å². The molecular formula is C13H15FO4. The van der Waals surface area contributed by atoms with Gasteiger partial charge in [-0.15, -0.1) is 0 Å². The second-order valence-corrected chi connectivity index (χ2v) is 4.59. The monoisotopic (exact) mass is 254 g/mol. The van der Waals surface area contributed by atoms with Crippen LogP contribution in [0.25, 0.3) is 0 Å². The number of hydrogen-bond acceptors (Lipinski definition) is 3. The van der Waals surface area contributed by atoms with Gasteiger partial charge in [0.05, 0.1) is 13.5 Å². The number of carbonyl (C=O) groups is 1. The van der Waals surface area contributed by atoms with Crippen molar-refractivity contribution in [3.63, 3.8) is 0 Å². The molecule has 0 aliphatic heterocycles. The van der Waals surface area contributed by atoms with E-state index in [9.17, 15) is 14.3 Å². The lowest BCUT2D eigenvalue weighted by Gasteiger charge is -2.17. The molecule has 1 aliphatic rings. The van der Waals surface area contributed by atoms with Crippen LogP contribution in [0.5, 0.6) is 11.5 Å². The Labute approximate surface area is 104 Å². The molecule has 0 amide bonds. The van der Waals surface area contributed by atoms with Crippen LogP contribution in [0.1, 0.15) is 30.7 Å². The first-order valence-electron chi connectivity index (χ1n) is 5.81. The van der Waals surface area contributed by atoms with Crippen molar-refractivity contribution in [3.8, 4) is 11.5 Å². The van der Waals surface area contributed by atoms with Gasteiger partial charge in [-0.25, -0.2) is 4.39 Å². The number of carboxylic acids is 1. The van der Waals surface area contributed by atoms with E-state index >= 15 is 0 Å². The number of phenolic OH excluding ortho intramolecular Hbond substituents is 1. The molecule has 98 valence electrons. The van der Waals surface area contributed by atoms with Crippen molar-refractivity contribution in [2.45, 2.75) is 25.2 Å². The van der Waals surface area contributed by atoms with E-state index in [1.54, 1.807) is 0 Å². The first-order valence-corrected chi connectivity index (χ1v) is 5.81. The Kier molecular flexibility index (Phi) is 3.41. The smallest absolute Gasteiger partial charge is 0.303 e. The van der Waals surface area contributed by atoms with Crippen LogP contribution in [-0.2, 0) is 4.79 Å². The molecule has 0 bridgehead atoms. The SMILES string of the molecule is COc1cc(C(CC(=O)O)C2CC2)c(F)cc1O. The van der Waals surface area contributed by atoms with E-state index in [-0.39, 0.29) is 29.8 Å². The van der Waals surface area contributed by atoms with Crippen LogP contribution in [0.4, 0.5) is 4.39 Å². The van der Waals surface area contributed by atoms with Crippen molar-refractivity contribution in [1.82, 2.24) is 0 Å². The summed E-state index contributed by atoms with van der Waals surface area (Å²) in [5.74, 6) is -1.77. The summed E-state index contributed by atoms with van der Waals surface area (Å²) in [4.78, 5) is 10.8. The molecule has 1 unspecified atom stereocenters. The third-order valence-electron chi connectivity index (χ3n) is 3.28. The van der Waals surface area contributed by atoms with Gasteiger partial charge in [0, 0.05) is 12.0 Å². The fourth-order valence-corrected chi connectivity index (χ4v) is 2.22. The summed E-state index contributed by atoms with van der Waals surface area (Å²) in [7, 11) is 1.38. The van der Waals surface area contributed by atoms with Crippen molar-refractivity contribution in [2.75, 3.05) is 7.11 Å². The minimum Gasteiger partial charge on any atom is -0.504 e. The molecule has 2 N–H and O–H groups in total. The fraction of sp³-hybridized carbons (Fsp3) is 0.462. The molecule has 0 aromatic heterocycles. The molecule has 5 heteroatoms. The first kappa shape index (κ1) is 12.7. The summed E-state index contributed by atoms with van der Waals surface area (Å²) >= 11 is 0. The molecule has 1 saturated carbocycles. The van der Waals surface area contributed by atoms with Crippen molar-refractivity contribution in [3.05, 3.63) is 23.5 Å². The minimum absolute atomic E-state index is 0.102. The topological polar surface area (TPSA) is 66.8 Å². The number of methoxy groups -OCH3 is 1. The molecule has 1 aromatic rings. The molecule has 18 heavy (non-hydrogen) atoms. The van der Waals surface area contributed by atoms with Gasteiger partial charge in [0.2, 0.25) is 0 Å². The Hall–Kier alpha value is -1.78. The number of carboxylic acid groups (broad SMARTS) is 1. The van der Waals surface area contributed by atoms with Gasteiger partial charge < -0.3 is 14.9 Å². The van der Waals surface area contributed by atoms with E-state index in [4.69, 9.17) is 9.84 Å². The average molecular weight is 254 g/mol. The maximum absolute atomic E-state index is 13.8. The second-order valence-electron chi connectivity index (χ2n) is 4.59. The second kappa shape index (κ2) is 4.84. The highest BCUT2D eigenvalue weighted by atomic mass is 19.1. The third kappa shape index (κ3) is 2.55. The molecule has 0 spiro atoms. The van der Waals surface area contributed by atoms with Gasteiger partial charge in [-0.1, -0.05) is 0 Å². The number of aromatic hydroxyl groups is 1. The highest BCUT2D eigenvalue weighted by Crippen LogP contribution is 2.46. The van der Waals surface area contributed by atoms with Crippen LogP contribution >= 0.6 is 0 Å². The van der Waals surface area contributed by atoms with E-state index in [0.29, 0.717) is 5.56 Å². The lowest BCUT2D eigenvalue weighted by Crippen LogP contribution is -2.10. The van der Waals surface area contributed by atoms with Crippen molar-refractivity contribution in [2.24, 2.45) is 5.92 Å². The number of phenols is 1. The summed E-state index contributed by atoms with van der Waals surface area (Å²) in [6.45, 7) is 0. The molecule has 0 radical (unpaired) electrons. The maximum Gasteiger partial charge on any atom is 0.303 e.